The molecular weight excluding hydrogens is 256 g/mol. The molecule has 2 aromatic rings. The number of aromatic carboxylic acids is 1. The highest BCUT2D eigenvalue weighted by Crippen LogP contribution is 2.24. The Morgan fingerprint density at radius 2 is 1.85 bits per heavy atom. The first-order chi connectivity index (χ1) is 9.65. The van der Waals surface area contributed by atoms with Gasteiger partial charge in [0.1, 0.15) is 5.82 Å². The number of piperazine rings is 1. The second kappa shape index (κ2) is 5.05. The molecule has 0 atom stereocenters. The number of benzene rings is 1. The van der Waals surface area contributed by atoms with E-state index in [1.807, 2.05) is 24.3 Å². The molecule has 0 aliphatic carbocycles. The summed E-state index contributed by atoms with van der Waals surface area (Å²) in [4.78, 5) is 23.9. The molecule has 1 fully saturated rings. The maximum absolute atomic E-state index is 11.2. The lowest BCUT2D eigenvalue weighted by Crippen LogP contribution is -2.45. The van der Waals surface area contributed by atoms with Gasteiger partial charge in [0, 0.05) is 31.6 Å². The van der Waals surface area contributed by atoms with Crippen LogP contribution in [0.15, 0.2) is 24.3 Å². The summed E-state index contributed by atoms with van der Waals surface area (Å²) in [6.07, 6.45) is 0. The quantitative estimate of drug-likeness (QED) is 0.882. The van der Waals surface area contributed by atoms with Crippen LogP contribution in [0.5, 0.6) is 0 Å². The standard InChI is InChI=1S/C14H16N4O2/c1-17-6-8-18(9-7-17)13-10-4-2-3-5-11(10)15-12(16-13)14(19)20/h2-5H,6-9H2,1H3,(H,19,20). The number of carboxylic acids is 1. The molecule has 0 spiro atoms. The minimum absolute atomic E-state index is 0.141. The van der Waals surface area contributed by atoms with Crippen molar-refractivity contribution in [3.8, 4) is 0 Å². The van der Waals surface area contributed by atoms with E-state index < -0.39 is 5.97 Å². The number of carbonyl (C=O) groups is 1. The summed E-state index contributed by atoms with van der Waals surface area (Å²) < 4.78 is 0. The number of hydrogen-bond donors (Lipinski definition) is 1. The van der Waals surface area contributed by atoms with E-state index in [9.17, 15) is 4.79 Å². The van der Waals surface area contributed by atoms with E-state index >= 15 is 0 Å². The fourth-order valence-corrected chi connectivity index (χ4v) is 2.41. The lowest BCUT2D eigenvalue weighted by molar-refractivity contribution is 0.0684. The molecule has 1 aromatic heterocycles. The van der Waals surface area contributed by atoms with Gasteiger partial charge < -0.3 is 14.9 Å². The van der Waals surface area contributed by atoms with Gasteiger partial charge in [-0.05, 0) is 19.2 Å². The van der Waals surface area contributed by atoms with Crippen LogP contribution in [0, 0.1) is 0 Å². The highest BCUT2D eigenvalue weighted by molar-refractivity contribution is 5.93. The van der Waals surface area contributed by atoms with E-state index in [-0.39, 0.29) is 5.82 Å². The molecule has 2 heterocycles. The van der Waals surface area contributed by atoms with Crippen LogP contribution in [0.4, 0.5) is 5.82 Å². The average molecular weight is 272 g/mol. The number of fused-ring (bicyclic) bond motifs is 1. The summed E-state index contributed by atoms with van der Waals surface area (Å²) in [7, 11) is 2.08. The van der Waals surface area contributed by atoms with E-state index in [4.69, 9.17) is 5.11 Å². The van der Waals surface area contributed by atoms with Crippen LogP contribution < -0.4 is 4.90 Å². The zero-order chi connectivity index (χ0) is 14.1. The van der Waals surface area contributed by atoms with Crippen molar-refractivity contribution < 1.29 is 9.90 Å². The number of likely N-dealkylation sites (N-methyl/N-ethyl adjacent to an activating group) is 1. The Labute approximate surface area is 116 Å². The third kappa shape index (κ3) is 2.30. The molecular formula is C14H16N4O2. The number of hydrogen-bond acceptors (Lipinski definition) is 5. The van der Waals surface area contributed by atoms with Crippen molar-refractivity contribution in [1.29, 1.82) is 0 Å². The fraction of sp³-hybridized carbons (Fsp3) is 0.357. The van der Waals surface area contributed by atoms with Crippen molar-refractivity contribution in [2.45, 2.75) is 0 Å². The molecule has 0 bridgehead atoms. The van der Waals surface area contributed by atoms with E-state index in [0.717, 1.165) is 37.4 Å². The molecule has 0 saturated carbocycles. The number of rotatable bonds is 2. The first kappa shape index (κ1) is 12.8. The van der Waals surface area contributed by atoms with Gasteiger partial charge in [-0.15, -0.1) is 0 Å². The minimum Gasteiger partial charge on any atom is -0.475 e. The van der Waals surface area contributed by atoms with Crippen LogP contribution in [0.1, 0.15) is 10.6 Å². The summed E-state index contributed by atoms with van der Waals surface area (Å²) in [5, 5.41) is 10.1. The molecule has 0 amide bonds. The molecule has 1 N–H and O–H groups in total. The molecule has 104 valence electrons. The second-order valence-corrected chi connectivity index (χ2v) is 4.98. The zero-order valence-electron chi connectivity index (χ0n) is 11.3. The topological polar surface area (TPSA) is 69.6 Å². The van der Waals surface area contributed by atoms with Crippen molar-refractivity contribution in [1.82, 2.24) is 14.9 Å². The van der Waals surface area contributed by atoms with Crippen LogP contribution >= 0.6 is 0 Å². The summed E-state index contributed by atoms with van der Waals surface area (Å²) in [6, 6.07) is 7.54. The predicted octanol–water partition coefficient (Wildman–Crippen LogP) is 1.08. The predicted molar refractivity (Wildman–Crippen MR) is 76.2 cm³/mol. The number of anilines is 1. The maximum atomic E-state index is 11.2. The van der Waals surface area contributed by atoms with Crippen molar-refractivity contribution >= 4 is 22.7 Å². The Bertz CT molecular complexity index is 651. The molecule has 6 nitrogen and oxygen atoms in total. The second-order valence-electron chi connectivity index (χ2n) is 4.98. The zero-order valence-corrected chi connectivity index (χ0v) is 11.3. The molecule has 20 heavy (non-hydrogen) atoms. The molecule has 3 rings (SSSR count). The SMILES string of the molecule is CN1CCN(c2nc(C(=O)O)nc3ccccc23)CC1. The summed E-state index contributed by atoms with van der Waals surface area (Å²) in [5.74, 6) is -0.509. The van der Waals surface area contributed by atoms with Crippen molar-refractivity contribution in [2.24, 2.45) is 0 Å². The Balaban J connectivity index is 2.10. The van der Waals surface area contributed by atoms with Gasteiger partial charge in [-0.2, -0.15) is 0 Å². The molecule has 0 unspecified atom stereocenters. The van der Waals surface area contributed by atoms with Gasteiger partial charge in [0.05, 0.1) is 5.52 Å². The fourth-order valence-electron chi connectivity index (χ4n) is 2.41. The molecule has 1 aliphatic rings. The summed E-state index contributed by atoms with van der Waals surface area (Å²) >= 11 is 0. The van der Waals surface area contributed by atoms with Crippen molar-refractivity contribution in [2.75, 3.05) is 38.1 Å². The van der Waals surface area contributed by atoms with Gasteiger partial charge in [0.25, 0.3) is 0 Å². The van der Waals surface area contributed by atoms with Crippen molar-refractivity contribution in [3.63, 3.8) is 0 Å². The van der Waals surface area contributed by atoms with E-state index in [1.165, 1.54) is 0 Å². The minimum atomic E-state index is -1.09. The lowest BCUT2D eigenvalue weighted by atomic mass is 10.2. The highest BCUT2D eigenvalue weighted by Gasteiger charge is 2.20. The van der Waals surface area contributed by atoms with Gasteiger partial charge in [-0.3, -0.25) is 0 Å². The normalized spacial score (nSPS) is 16.6. The Hall–Kier alpha value is -2.21. The third-order valence-corrected chi connectivity index (χ3v) is 3.58. The lowest BCUT2D eigenvalue weighted by Gasteiger charge is -2.33. The molecule has 6 heteroatoms. The molecule has 0 radical (unpaired) electrons. The monoisotopic (exact) mass is 272 g/mol. The molecule has 1 saturated heterocycles. The van der Waals surface area contributed by atoms with E-state index in [1.54, 1.807) is 0 Å². The van der Waals surface area contributed by atoms with Crippen LogP contribution in [0.3, 0.4) is 0 Å². The van der Waals surface area contributed by atoms with E-state index in [2.05, 4.69) is 26.8 Å². The van der Waals surface area contributed by atoms with Gasteiger partial charge in [-0.25, -0.2) is 14.8 Å². The van der Waals surface area contributed by atoms with Crippen LogP contribution in [-0.2, 0) is 0 Å². The highest BCUT2D eigenvalue weighted by atomic mass is 16.4. The van der Waals surface area contributed by atoms with E-state index in [0.29, 0.717) is 5.52 Å². The van der Waals surface area contributed by atoms with Crippen molar-refractivity contribution in [3.05, 3.63) is 30.1 Å². The van der Waals surface area contributed by atoms with Gasteiger partial charge in [-0.1, -0.05) is 12.1 Å². The van der Waals surface area contributed by atoms with Gasteiger partial charge in [0.15, 0.2) is 0 Å². The first-order valence-electron chi connectivity index (χ1n) is 6.59. The van der Waals surface area contributed by atoms with Crippen LogP contribution in [0.25, 0.3) is 10.9 Å². The number of carboxylic acid groups (broad SMARTS) is 1. The van der Waals surface area contributed by atoms with Gasteiger partial charge in [0.2, 0.25) is 5.82 Å². The number of aromatic nitrogens is 2. The van der Waals surface area contributed by atoms with Crippen LogP contribution in [-0.4, -0.2) is 59.2 Å². The summed E-state index contributed by atoms with van der Waals surface area (Å²) in [6.45, 7) is 3.58. The smallest absolute Gasteiger partial charge is 0.374 e. The third-order valence-electron chi connectivity index (χ3n) is 3.58. The maximum Gasteiger partial charge on any atom is 0.374 e. The first-order valence-corrected chi connectivity index (χ1v) is 6.59. The Kier molecular flexibility index (Phi) is 3.23. The average Bonchev–Trinajstić information content (AvgIpc) is 2.47. The Morgan fingerprint density at radius 1 is 1.15 bits per heavy atom. The summed E-state index contributed by atoms with van der Waals surface area (Å²) in [5.41, 5.74) is 0.675. The van der Waals surface area contributed by atoms with Gasteiger partial charge >= 0.3 is 5.97 Å². The largest absolute Gasteiger partial charge is 0.475 e. The molecule has 1 aliphatic heterocycles. The number of para-hydroxylation sites is 1. The number of nitrogens with zero attached hydrogens (tertiary/aromatic N) is 4. The Morgan fingerprint density at radius 3 is 2.55 bits per heavy atom. The molecule has 1 aromatic carbocycles. The van der Waals surface area contributed by atoms with Crippen LogP contribution in [0.2, 0.25) is 0 Å².